The van der Waals surface area contributed by atoms with Crippen LogP contribution < -0.4 is 9.64 Å². The number of aromatic nitrogens is 1. The molecule has 1 amide bonds. The van der Waals surface area contributed by atoms with Gasteiger partial charge in [0.05, 0.1) is 17.7 Å². The van der Waals surface area contributed by atoms with E-state index in [0.29, 0.717) is 28.6 Å². The third-order valence-corrected chi connectivity index (χ3v) is 5.73. The highest BCUT2D eigenvalue weighted by Gasteiger charge is 2.48. The molecule has 0 spiro atoms. The lowest BCUT2D eigenvalue weighted by atomic mass is 9.93. The molecule has 1 N–H and O–H groups in total. The van der Waals surface area contributed by atoms with Gasteiger partial charge >= 0.3 is 5.91 Å². The maximum absolute atomic E-state index is 13.2. The minimum absolute atomic E-state index is 0.000443. The third kappa shape index (κ3) is 4.33. The lowest BCUT2D eigenvalue weighted by Gasteiger charge is -2.23. The predicted octanol–water partition coefficient (Wildman–Crippen LogP) is 5.52. The minimum atomic E-state index is -0.850. The molecule has 2 aromatic carbocycles. The number of ketones is 1. The summed E-state index contributed by atoms with van der Waals surface area (Å²) >= 11 is 0. The van der Waals surface area contributed by atoms with E-state index in [9.17, 15) is 14.7 Å². The number of aryl methyl sites for hydroxylation is 1. The van der Waals surface area contributed by atoms with Crippen molar-refractivity contribution in [2.45, 2.75) is 52.7 Å². The van der Waals surface area contributed by atoms with Gasteiger partial charge < -0.3 is 14.4 Å². The van der Waals surface area contributed by atoms with E-state index in [2.05, 4.69) is 19.0 Å². The summed E-state index contributed by atoms with van der Waals surface area (Å²) < 4.78 is 10.8. The Morgan fingerprint density at radius 3 is 2.21 bits per heavy atom. The molecule has 1 saturated heterocycles. The number of amides is 1. The summed E-state index contributed by atoms with van der Waals surface area (Å²) in [5, 5.41) is 15.2. The highest BCUT2D eigenvalue weighted by Crippen LogP contribution is 2.42. The van der Waals surface area contributed by atoms with Gasteiger partial charge in [0.15, 0.2) is 5.82 Å². The van der Waals surface area contributed by atoms with Crippen LogP contribution in [0.3, 0.4) is 0 Å². The van der Waals surface area contributed by atoms with Crippen LogP contribution in [0.1, 0.15) is 62.1 Å². The number of benzene rings is 2. The number of nitrogens with zero attached hydrogens (tertiary/aromatic N) is 2. The molecule has 4 rings (SSSR count). The monoisotopic (exact) mass is 460 g/mol. The van der Waals surface area contributed by atoms with Crippen molar-refractivity contribution < 1.29 is 24.0 Å². The first-order valence-corrected chi connectivity index (χ1v) is 11.3. The Morgan fingerprint density at radius 2 is 1.68 bits per heavy atom. The van der Waals surface area contributed by atoms with Crippen molar-refractivity contribution >= 4 is 23.3 Å². The number of rotatable bonds is 6. The Bertz CT molecular complexity index is 1240. The fourth-order valence-corrected chi connectivity index (χ4v) is 4.03. The van der Waals surface area contributed by atoms with Crippen LogP contribution in [-0.2, 0) is 9.59 Å². The fourth-order valence-electron chi connectivity index (χ4n) is 4.03. The van der Waals surface area contributed by atoms with Gasteiger partial charge in [0.25, 0.3) is 5.78 Å². The molecular weight excluding hydrogens is 432 g/mol. The van der Waals surface area contributed by atoms with Crippen LogP contribution in [0.15, 0.2) is 64.7 Å². The molecule has 0 saturated carbocycles. The van der Waals surface area contributed by atoms with Crippen LogP contribution >= 0.6 is 0 Å². The number of carbonyl (C=O) groups excluding carboxylic acids is 2. The zero-order chi connectivity index (χ0) is 24.6. The van der Waals surface area contributed by atoms with Crippen LogP contribution in [0.25, 0.3) is 5.76 Å². The second-order valence-corrected chi connectivity index (χ2v) is 8.98. The van der Waals surface area contributed by atoms with Gasteiger partial charge in [0, 0.05) is 11.6 Å². The number of aliphatic hydroxyl groups is 1. The molecule has 34 heavy (non-hydrogen) atoms. The van der Waals surface area contributed by atoms with Gasteiger partial charge in [-0.05, 0) is 62.1 Å². The first-order chi connectivity index (χ1) is 16.2. The van der Waals surface area contributed by atoms with Crippen LogP contribution in [0.4, 0.5) is 5.82 Å². The number of hydrogen-bond acceptors (Lipinski definition) is 6. The summed E-state index contributed by atoms with van der Waals surface area (Å²) in [6.45, 7) is 9.73. The zero-order valence-corrected chi connectivity index (χ0v) is 19.9. The Kier molecular flexibility index (Phi) is 6.28. The van der Waals surface area contributed by atoms with Crippen molar-refractivity contribution in [2.24, 2.45) is 0 Å². The van der Waals surface area contributed by atoms with E-state index in [0.717, 1.165) is 5.56 Å². The Balaban J connectivity index is 1.84. The Hall–Kier alpha value is -3.87. The molecule has 0 radical (unpaired) electrons. The average molecular weight is 461 g/mol. The fraction of sp³-hybridized carbons (Fsp3) is 0.296. The van der Waals surface area contributed by atoms with Crippen LogP contribution in [0.2, 0.25) is 0 Å². The van der Waals surface area contributed by atoms with E-state index < -0.39 is 17.7 Å². The Morgan fingerprint density at radius 1 is 1.03 bits per heavy atom. The number of aliphatic hydroxyl groups excluding tert-OH is 1. The van der Waals surface area contributed by atoms with Gasteiger partial charge in [-0.15, -0.1) is 0 Å². The average Bonchev–Trinajstić information content (AvgIpc) is 3.34. The summed E-state index contributed by atoms with van der Waals surface area (Å²) in [6, 6.07) is 15.2. The van der Waals surface area contributed by atoms with Crippen LogP contribution in [0.5, 0.6) is 5.75 Å². The molecule has 1 unspecified atom stereocenters. The lowest BCUT2D eigenvalue weighted by molar-refractivity contribution is -0.132. The number of anilines is 1. The van der Waals surface area contributed by atoms with E-state index in [-0.39, 0.29) is 23.3 Å². The number of hydrogen-bond donors (Lipinski definition) is 1. The molecule has 1 atom stereocenters. The third-order valence-electron chi connectivity index (χ3n) is 5.73. The van der Waals surface area contributed by atoms with E-state index in [1.54, 1.807) is 37.3 Å². The van der Waals surface area contributed by atoms with Crippen LogP contribution in [-0.4, -0.2) is 28.1 Å². The SMILES string of the molecule is Cc1cc(N2C(=O)C(=O)/C(=C(/O)c3ccc(OC(C)C)cc3)C2c2ccc(C(C)C)cc2)no1. The second kappa shape index (κ2) is 9.17. The molecule has 0 bridgehead atoms. The molecule has 2 heterocycles. The van der Waals surface area contributed by atoms with Crippen molar-refractivity contribution in [3.8, 4) is 5.75 Å². The molecule has 1 fully saturated rings. The topological polar surface area (TPSA) is 92.9 Å². The maximum Gasteiger partial charge on any atom is 0.301 e. The predicted molar refractivity (Wildman–Crippen MR) is 129 cm³/mol. The summed E-state index contributed by atoms with van der Waals surface area (Å²) in [6.07, 6.45) is 0.00417. The van der Waals surface area contributed by atoms with Gasteiger partial charge in [-0.25, -0.2) is 0 Å². The first kappa shape index (κ1) is 23.3. The van der Waals surface area contributed by atoms with Gasteiger partial charge in [0.2, 0.25) is 0 Å². The number of ether oxygens (including phenoxy) is 1. The van der Waals surface area contributed by atoms with Crippen molar-refractivity contribution in [3.05, 3.63) is 82.6 Å². The first-order valence-electron chi connectivity index (χ1n) is 11.3. The van der Waals surface area contributed by atoms with Crippen LogP contribution in [0, 0.1) is 6.92 Å². The summed E-state index contributed by atoms with van der Waals surface area (Å²) in [7, 11) is 0. The largest absolute Gasteiger partial charge is 0.507 e. The highest BCUT2D eigenvalue weighted by atomic mass is 16.5. The molecule has 7 nitrogen and oxygen atoms in total. The standard InChI is InChI=1S/C27H28N2O5/c1-15(2)18-6-8-19(9-7-18)24-23(25(30)20-10-12-21(13-11-20)33-16(3)4)26(31)27(32)29(24)22-14-17(5)34-28-22/h6-16,24,30H,1-5H3/b25-23+. The van der Waals surface area contributed by atoms with E-state index in [1.165, 1.54) is 4.90 Å². The molecule has 7 heteroatoms. The lowest BCUT2D eigenvalue weighted by Crippen LogP contribution is -2.29. The Labute approximate surface area is 198 Å². The molecule has 176 valence electrons. The van der Waals surface area contributed by atoms with E-state index >= 15 is 0 Å². The second-order valence-electron chi connectivity index (χ2n) is 8.98. The van der Waals surface area contributed by atoms with Gasteiger partial charge in [-0.1, -0.05) is 43.3 Å². The molecule has 1 aliphatic heterocycles. The number of Topliss-reactive ketones (excluding diaryl/α,β-unsaturated/α-hetero) is 1. The van der Waals surface area contributed by atoms with Crippen molar-refractivity contribution in [1.29, 1.82) is 0 Å². The van der Waals surface area contributed by atoms with Gasteiger partial charge in [0.1, 0.15) is 17.3 Å². The van der Waals surface area contributed by atoms with Crippen molar-refractivity contribution in [2.75, 3.05) is 4.90 Å². The minimum Gasteiger partial charge on any atom is -0.507 e. The highest BCUT2D eigenvalue weighted by molar-refractivity contribution is 6.51. The van der Waals surface area contributed by atoms with Gasteiger partial charge in [-0.2, -0.15) is 0 Å². The molecule has 1 aliphatic rings. The van der Waals surface area contributed by atoms with Crippen molar-refractivity contribution in [1.82, 2.24) is 5.16 Å². The number of carbonyl (C=O) groups is 2. The summed E-state index contributed by atoms with van der Waals surface area (Å²) in [4.78, 5) is 27.6. The zero-order valence-electron chi connectivity index (χ0n) is 19.9. The molecular formula is C27H28N2O5. The summed E-state index contributed by atoms with van der Waals surface area (Å²) in [5.41, 5.74) is 2.22. The normalized spacial score (nSPS) is 17.7. The quantitative estimate of drug-likeness (QED) is 0.296. The molecule has 1 aromatic heterocycles. The molecule has 0 aliphatic carbocycles. The molecule has 3 aromatic rings. The van der Waals surface area contributed by atoms with Crippen molar-refractivity contribution in [3.63, 3.8) is 0 Å². The smallest absolute Gasteiger partial charge is 0.301 e. The van der Waals surface area contributed by atoms with E-state index in [1.807, 2.05) is 38.1 Å². The maximum atomic E-state index is 13.2. The summed E-state index contributed by atoms with van der Waals surface area (Å²) in [5.74, 6) is -0.110. The van der Waals surface area contributed by atoms with Gasteiger partial charge in [-0.3, -0.25) is 14.5 Å². The van der Waals surface area contributed by atoms with E-state index in [4.69, 9.17) is 9.26 Å².